The number of ketones is 1. The highest BCUT2D eigenvalue weighted by Crippen LogP contribution is 2.32. The Balaban J connectivity index is 2.59. The number of anilines is 1. The van der Waals surface area contributed by atoms with Gasteiger partial charge in [0.05, 0.1) is 15.1 Å². The van der Waals surface area contributed by atoms with E-state index in [1.165, 1.54) is 18.2 Å². The Morgan fingerprint density at radius 3 is 2.26 bits per heavy atom. The van der Waals surface area contributed by atoms with Gasteiger partial charge in [-0.2, -0.15) is 0 Å². The molecule has 0 spiro atoms. The minimum absolute atomic E-state index is 0.136. The van der Waals surface area contributed by atoms with Crippen LogP contribution >= 0.6 is 46.4 Å². The first kappa shape index (κ1) is 14.5. The lowest BCUT2D eigenvalue weighted by atomic mass is 10.0. The highest BCUT2D eigenvalue weighted by molar-refractivity contribution is 6.45. The summed E-state index contributed by atoms with van der Waals surface area (Å²) < 4.78 is 0. The molecule has 0 aliphatic carbocycles. The maximum absolute atomic E-state index is 12.4. The van der Waals surface area contributed by atoms with Crippen LogP contribution in [0, 0.1) is 0 Å². The van der Waals surface area contributed by atoms with Crippen molar-refractivity contribution < 1.29 is 4.79 Å². The molecule has 0 radical (unpaired) electrons. The Morgan fingerprint density at radius 1 is 0.895 bits per heavy atom. The molecule has 0 aromatic heterocycles. The SMILES string of the molecule is Nc1cc(Cl)c(Cl)c(C(=O)c2cc(Cl)ccc2Cl)c1. The first-order valence-corrected chi connectivity index (χ1v) is 6.65. The van der Waals surface area contributed by atoms with E-state index in [1.807, 2.05) is 0 Å². The predicted octanol–water partition coefficient (Wildman–Crippen LogP) is 5.11. The van der Waals surface area contributed by atoms with Gasteiger partial charge in [-0.15, -0.1) is 0 Å². The Hall–Kier alpha value is -0.930. The van der Waals surface area contributed by atoms with Gasteiger partial charge in [0, 0.05) is 21.8 Å². The van der Waals surface area contributed by atoms with E-state index in [1.54, 1.807) is 12.1 Å². The summed E-state index contributed by atoms with van der Waals surface area (Å²) in [7, 11) is 0. The van der Waals surface area contributed by atoms with Crippen LogP contribution in [0.5, 0.6) is 0 Å². The molecule has 0 saturated carbocycles. The average Bonchev–Trinajstić information content (AvgIpc) is 2.36. The van der Waals surface area contributed by atoms with Crippen LogP contribution in [0.1, 0.15) is 15.9 Å². The molecule has 0 atom stereocenters. The fraction of sp³-hybridized carbons (Fsp3) is 0. The van der Waals surface area contributed by atoms with E-state index in [0.717, 1.165) is 0 Å². The second-order valence-corrected chi connectivity index (χ2v) is 5.45. The Morgan fingerprint density at radius 2 is 1.58 bits per heavy atom. The predicted molar refractivity (Wildman–Crippen MR) is 80.8 cm³/mol. The lowest BCUT2D eigenvalue weighted by Crippen LogP contribution is -2.04. The van der Waals surface area contributed by atoms with Gasteiger partial charge in [-0.3, -0.25) is 4.79 Å². The van der Waals surface area contributed by atoms with Crippen LogP contribution in [-0.2, 0) is 0 Å². The van der Waals surface area contributed by atoms with Crippen molar-refractivity contribution in [1.82, 2.24) is 0 Å². The van der Waals surface area contributed by atoms with Crippen LogP contribution < -0.4 is 5.73 Å². The molecule has 0 bridgehead atoms. The third-order valence-electron chi connectivity index (χ3n) is 2.47. The van der Waals surface area contributed by atoms with Gasteiger partial charge < -0.3 is 5.73 Å². The summed E-state index contributed by atoms with van der Waals surface area (Å²) in [6.07, 6.45) is 0. The first-order chi connectivity index (χ1) is 8.90. The molecule has 2 N–H and O–H groups in total. The molecule has 0 unspecified atom stereocenters. The number of hydrogen-bond acceptors (Lipinski definition) is 2. The monoisotopic (exact) mass is 333 g/mol. The first-order valence-electron chi connectivity index (χ1n) is 5.14. The highest BCUT2D eigenvalue weighted by Gasteiger charge is 2.18. The normalized spacial score (nSPS) is 10.5. The molecule has 2 rings (SSSR count). The van der Waals surface area contributed by atoms with Gasteiger partial charge in [0.25, 0.3) is 0 Å². The minimum Gasteiger partial charge on any atom is -0.399 e. The largest absolute Gasteiger partial charge is 0.399 e. The second kappa shape index (κ2) is 5.59. The molecule has 0 aliphatic heterocycles. The van der Waals surface area contributed by atoms with Gasteiger partial charge in [0.2, 0.25) is 0 Å². The van der Waals surface area contributed by atoms with Crippen molar-refractivity contribution in [2.75, 3.05) is 5.73 Å². The van der Waals surface area contributed by atoms with Crippen molar-refractivity contribution in [1.29, 1.82) is 0 Å². The van der Waals surface area contributed by atoms with E-state index in [4.69, 9.17) is 52.1 Å². The van der Waals surface area contributed by atoms with Gasteiger partial charge in [0.1, 0.15) is 0 Å². The molecular formula is C13H7Cl4NO. The van der Waals surface area contributed by atoms with E-state index in [9.17, 15) is 4.79 Å². The van der Waals surface area contributed by atoms with Crippen LogP contribution in [0.4, 0.5) is 5.69 Å². The summed E-state index contributed by atoms with van der Waals surface area (Å²) in [4.78, 5) is 12.4. The van der Waals surface area contributed by atoms with E-state index in [2.05, 4.69) is 0 Å². The van der Waals surface area contributed by atoms with Crippen molar-refractivity contribution in [3.8, 4) is 0 Å². The smallest absolute Gasteiger partial charge is 0.196 e. The summed E-state index contributed by atoms with van der Waals surface area (Å²) in [5.41, 5.74) is 6.44. The average molecular weight is 335 g/mol. The summed E-state index contributed by atoms with van der Waals surface area (Å²) >= 11 is 23.8. The molecule has 0 aliphatic rings. The summed E-state index contributed by atoms with van der Waals surface area (Å²) in [6, 6.07) is 7.53. The van der Waals surface area contributed by atoms with E-state index in [0.29, 0.717) is 10.7 Å². The number of carbonyl (C=O) groups is 1. The minimum atomic E-state index is -0.383. The lowest BCUT2D eigenvalue weighted by molar-refractivity contribution is 0.103. The Labute approximate surface area is 130 Å². The van der Waals surface area contributed by atoms with E-state index < -0.39 is 0 Å². The number of carbonyl (C=O) groups excluding carboxylic acids is 1. The Kier molecular flexibility index (Phi) is 4.26. The number of hydrogen-bond donors (Lipinski definition) is 1. The molecule has 2 aromatic carbocycles. The maximum Gasteiger partial charge on any atom is 0.196 e. The fourth-order valence-corrected chi connectivity index (χ4v) is 2.39. The maximum atomic E-state index is 12.4. The van der Waals surface area contributed by atoms with Crippen LogP contribution in [0.15, 0.2) is 30.3 Å². The van der Waals surface area contributed by atoms with E-state index in [-0.39, 0.29) is 32.0 Å². The van der Waals surface area contributed by atoms with Crippen LogP contribution in [0.2, 0.25) is 20.1 Å². The van der Waals surface area contributed by atoms with Gasteiger partial charge in [-0.1, -0.05) is 46.4 Å². The lowest BCUT2D eigenvalue weighted by Gasteiger charge is -2.08. The molecule has 0 heterocycles. The third kappa shape index (κ3) is 2.98. The van der Waals surface area contributed by atoms with Gasteiger partial charge in [-0.25, -0.2) is 0 Å². The number of benzene rings is 2. The topological polar surface area (TPSA) is 43.1 Å². The van der Waals surface area contributed by atoms with Gasteiger partial charge in [0.15, 0.2) is 5.78 Å². The summed E-state index contributed by atoms with van der Waals surface area (Å²) in [5.74, 6) is -0.383. The van der Waals surface area contributed by atoms with Crippen LogP contribution in [-0.4, -0.2) is 5.78 Å². The fourth-order valence-electron chi connectivity index (χ4n) is 1.59. The standard InChI is InChI=1S/C13H7Cl4NO/c14-6-1-2-10(15)8(3-6)13(19)9-4-7(18)5-11(16)12(9)17/h1-5H,18H2. The number of halogens is 4. The van der Waals surface area contributed by atoms with Crippen molar-refractivity contribution >= 4 is 57.9 Å². The number of nitrogens with two attached hydrogens (primary N) is 1. The van der Waals surface area contributed by atoms with Gasteiger partial charge >= 0.3 is 0 Å². The molecule has 0 amide bonds. The van der Waals surface area contributed by atoms with Crippen molar-refractivity contribution in [3.63, 3.8) is 0 Å². The molecule has 2 nitrogen and oxygen atoms in total. The highest BCUT2D eigenvalue weighted by atomic mass is 35.5. The zero-order chi connectivity index (χ0) is 14.2. The van der Waals surface area contributed by atoms with Crippen molar-refractivity contribution in [2.45, 2.75) is 0 Å². The second-order valence-electron chi connectivity index (χ2n) is 3.82. The van der Waals surface area contributed by atoms with Crippen LogP contribution in [0.25, 0.3) is 0 Å². The molecule has 0 fully saturated rings. The molecule has 98 valence electrons. The third-order valence-corrected chi connectivity index (χ3v) is 3.83. The molecular weight excluding hydrogens is 328 g/mol. The zero-order valence-corrected chi connectivity index (χ0v) is 12.4. The van der Waals surface area contributed by atoms with E-state index >= 15 is 0 Å². The van der Waals surface area contributed by atoms with Crippen LogP contribution in [0.3, 0.4) is 0 Å². The Bertz CT molecular complexity index is 670. The number of rotatable bonds is 2. The zero-order valence-electron chi connectivity index (χ0n) is 9.38. The summed E-state index contributed by atoms with van der Waals surface area (Å²) in [6.45, 7) is 0. The molecule has 19 heavy (non-hydrogen) atoms. The summed E-state index contributed by atoms with van der Waals surface area (Å²) in [5, 5.41) is 1.03. The van der Waals surface area contributed by atoms with Crippen molar-refractivity contribution in [3.05, 3.63) is 61.5 Å². The number of nitrogen functional groups attached to an aromatic ring is 1. The van der Waals surface area contributed by atoms with Gasteiger partial charge in [-0.05, 0) is 30.3 Å². The molecule has 6 heteroatoms. The van der Waals surface area contributed by atoms with Crippen molar-refractivity contribution in [2.24, 2.45) is 0 Å². The quantitative estimate of drug-likeness (QED) is 0.612. The molecule has 0 saturated heterocycles. The molecule has 2 aromatic rings.